The van der Waals surface area contributed by atoms with E-state index in [1.807, 2.05) is 13.8 Å². The molecule has 0 atom stereocenters. The highest BCUT2D eigenvalue weighted by molar-refractivity contribution is 7.87. The number of aryl methyl sites for hydroxylation is 1. The lowest BCUT2D eigenvalue weighted by Crippen LogP contribution is -2.53. The zero-order valence-electron chi connectivity index (χ0n) is 24.2. The molecule has 4 amide bonds. The van der Waals surface area contributed by atoms with Crippen LogP contribution in [0.4, 0.5) is 4.79 Å². The molecule has 0 radical (unpaired) electrons. The first-order valence-corrected chi connectivity index (χ1v) is 14.9. The molecule has 0 saturated carbocycles. The molecule has 0 bridgehead atoms. The van der Waals surface area contributed by atoms with E-state index >= 15 is 0 Å². The highest BCUT2D eigenvalue weighted by Crippen LogP contribution is 2.33. The first kappa shape index (κ1) is 31.1. The molecule has 1 heterocycles. The van der Waals surface area contributed by atoms with Crippen molar-refractivity contribution in [2.45, 2.75) is 38.6 Å². The van der Waals surface area contributed by atoms with Crippen LogP contribution in [0.3, 0.4) is 0 Å². The van der Waals surface area contributed by atoms with Gasteiger partial charge < -0.3 is 18.4 Å². The number of barbiturate groups is 1. The lowest BCUT2D eigenvalue weighted by Gasteiger charge is -2.26. The predicted octanol–water partition coefficient (Wildman–Crippen LogP) is 4.62. The zero-order valence-corrected chi connectivity index (χ0v) is 25.0. The van der Waals surface area contributed by atoms with E-state index in [9.17, 15) is 22.8 Å². The first-order valence-electron chi connectivity index (χ1n) is 13.5. The molecule has 1 fully saturated rings. The van der Waals surface area contributed by atoms with Crippen molar-refractivity contribution in [3.05, 3.63) is 82.9 Å². The molecule has 226 valence electrons. The maximum atomic E-state index is 13.3. The molecule has 3 aromatic carbocycles. The van der Waals surface area contributed by atoms with Gasteiger partial charge >= 0.3 is 16.1 Å². The lowest BCUT2D eigenvalue weighted by atomic mass is 10.1. The number of rotatable bonds is 12. The Morgan fingerprint density at radius 3 is 2.26 bits per heavy atom. The summed E-state index contributed by atoms with van der Waals surface area (Å²) in [7, 11) is -2.67. The number of methoxy groups -OCH3 is 1. The Labute approximate surface area is 250 Å². The molecule has 4 rings (SSSR count). The van der Waals surface area contributed by atoms with Crippen molar-refractivity contribution in [2.24, 2.45) is 0 Å². The molecular formula is C31H32N2O9S. The largest absolute Gasteiger partial charge is 0.493 e. The summed E-state index contributed by atoms with van der Waals surface area (Å²) in [6.07, 6.45) is 2.10. The van der Waals surface area contributed by atoms with Crippen LogP contribution in [0.5, 0.6) is 23.0 Å². The highest BCUT2D eigenvalue weighted by Gasteiger charge is 2.36. The number of imide groups is 2. The molecule has 0 spiro atoms. The Balaban J connectivity index is 1.59. The Morgan fingerprint density at radius 2 is 1.58 bits per heavy atom. The molecule has 1 saturated heterocycles. The number of benzene rings is 3. The number of nitrogens with zero attached hydrogens (tertiary/aromatic N) is 1. The summed E-state index contributed by atoms with van der Waals surface area (Å²) < 4.78 is 47.7. The van der Waals surface area contributed by atoms with Crippen molar-refractivity contribution in [2.75, 3.05) is 20.3 Å². The van der Waals surface area contributed by atoms with Crippen LogP contribution < -0.4 is 23.7 Å². The van der Waals surface area contributed by atoms with Crippen molar-refractivity contribution < 1.29 is 41.2 Å². The Hall–Kier alpha value is -4.84. The number of amides is 4. The van der Waals surface area contributed by atoms with Crippen LogP contribution in [-0.2, 0) is 26.3 Å². The van der Waals surface area contributed by atoms with Gasteiger partial charge in [-0.3, -0.25) is 19.8 Å². The molecule has 11 nitrogen and oxygen atoms in total. The zero-order chi connectivity index (χ0) is 31.1. The molecule has 0 aliphatic carbocycles. The number of urea groups is 1. The van der Waals surface area contributed by atoms with Gasteiger partial charge in [-0.2, -0.15) is 8.42 Å². The smallest absolute Gasteiger partial charge is 0.339 e. The Morgan fingerprint density at radius 1 is 0.860 bits per heavy atom. The number of carbonyl (C=O) groups is 3. The molecule has 1 aliphatic rings. The second-order valence-electron chi connectivity index (χ2n) is 9.53. The van der Waals surface area contributed by atoms with E-state index in [0.717, 1.165) is 16.9 Å². The van der Waals surface area contributed by atoms with Crippen LogP contribution in [0.1, 0.15) is 37.0 Å². The van der Waals surface area contributed by atoms with Crippen LogP contribution in [0.25, 0.3) is 6.08 Å². The van der Waals surface area contributed by atoms with E-state index in [1.165, 1.54) is 43.5 Å². The number of carbonyl (C=O) groups excluding carboxylic acids is 3. The van der Waals surface area contributed by atoms with Crippen LogP contribution in [0.2, 0.25) is 0 Å². The maximum Gasteiger partial charge on any atom is 0.339 e. The van der Waals surface area contributed by atoms with Crippen molar-refractivity contribution in [3.63, 3.8) is 0 Å². The molecule has 0 unspecified atom stereocenters. The maximum absolute atomic E-state index is 13.3. The van der Waals surface area contributed by atoms with Crippen molar-refractivity contribution >= 4 is 34.0 Å². The molecular weight excluding hydrogens is 576 g/mol. The van der Waals surface area contributed by atoms with Gasteiger partial charge in [-0.1, -0.05) is 36.8 Å². The number of ether oxygens (including phenoxy) is 3. The quantitative estimate of drug-likeness (QED) is 0.177. The minimum atomic E-state index is -4.16. The summed E-state index contributed by atoms with van der Waals surface area (Å²) in [5.74, 6) is -0.686. The fraction of sp³-hybridized carbons (Fsp3) is 0.258. The predicted molar refractivity (Wildman–Crippen MR) is 157 cm³/mol. The average Bonchev–Trinajstić information content (AvgIpc) is 2.98. The summed E-state index contributed by atoms with van der Waals surface area (Å²) in [5.41, 5.74) is 1.52. The van der Waals surface area contributed by atoms with Crippen LogP contribution in [0.15, 0.2) is 71.1 Å². The standard InChI is InChI=1S/C31H32N2O9S/c1-5-15-41-25-13-10-22(18-27(25)39-4)19-33-30(35)24(29(34)32-31(33)36)16-21-9-14-26(28(17-21)40-6-2)42-43(37,38)23-11-7-20(3)8-12-23/h7-14,16-18H,5-6,15,19H2,1-4H3,(H,32,34,36)/b24-16+. The summed E-state index contributed by atoms with van der Waals surface area (Å²) >= 11 is 0. The lowest BCUT2D eigenvalue weighted by molar-refractivity contribution is -0.130. The third-order valence-electron chi connectivity index (χ3n) is 6.30. The SMILES string of the molecule is CCCOc1ccc(CN2C(=O)NC(=O)/C(=C\c3ccc(OS(=O)(=O)c4ccc(C)cc4)c(OCC)c3)C2=O)cc1OC. The van der Waals surface area contributed by atoms with E-state index in [2.05, 4.69) is 5.32 Å². The monoisotopic (exact) mass is 608 g/mol. The topological polar surface area (TPSA) is 138 Å². The van der Waals surface area contributed by atoms with Crippen LogP contribution >= 0.6 is 0 Å². The van der Waals surface area contributed by atoms with Crippen molar-refractivity contribution in [3.8, 4) is 23.0 Å². The third-order valence-corrected chi connectivity index (χ3v) is 7.55. The van der Waals surface area contributed by atoms with Crippen molar-refractivity contribution in [1.29, 1.82) is 0 Å². The van der Waals surface area contributed by atoms with Crippen molar-refractivity contribution in [1.82, 2.24) is 10.2 Å². The molecule has 1 aliphatic heterocycles. The summed E-state index contributed by atoms with van der Waals surface area (Å²) in [6.45, 7) is 6.08. The minimum absolute atomic E-state index is 0.0262. The van der Waals surface area contributed by atoms with E-state index < -0.39 is 28.0 Å². The van der Waals surface area contributed by atoms with Gasteiger partial charge in [0.2, 0.25) is 0 Å². The third kappa shape index (κ3) is 7.33. The van der Waals surface area contributed by atoms with Crippen LogP contribution in [-0.4, -0.2) is 51.5 Å². The second kappa shape index (κ2) is 13.4. The molecule has 3 aromatic rings. The Kier molecular flexibility index (Phi) is 9.71. The van der Waals surface area contributed by atoms with Gasteiger partial charge in [0, 0.05) is 0 Å². The van der Waals surface area contributed by atoms with Gasteiger partial charge in [-0.05, 0) is 73.9 Å². The summed E-state index contributed by atoms with van der Waals surface area (Å²) in [5, 5.41) is 2.19. The molecule has 0 aromatic heterocycles. The normalized spacial score (nSPS) is 14.5. The van der Waals surface area contributed by atoms with E-state index in [1.54, 1.807) is 37.3 Å². The van der Waals surface area contributed by atoms with E-state index in [-0.39, 0.29) is 35.1 Å². The number of nitrogens with one attached hydrogen (secondary N) is 1. The second-order valence-corrected chi connectivity index (χ2v) is 11.1. The fourth-order valence-corrected chi connectivity index (χ4v) is 5.09. The minimum Gasteiger partial charge on any atom is -0.493 e. The van der Waals surface area contributed by atoms with Gasteiger partial charge in [0.15, 0.2) is 23.0 Å². The average molecular weight is 609 g/mol. The van der Waals surface area contributed by atoms with Gasteiger partial charge in [0.1, 0.15) is 10.5 Å². The van der Waals surface area contributed by atoms with Gasteiger partial charge in [0.05, 0.1) is 26.9 Å². The molecule has 43 heavy (non-hydrogen) atoms. The van der Waals surface area contributed by atoms with Gasteiger partial charge in [0.25, 0.3) is 11.8 Å². The first-order chi connectivity index (χ1) is 20.6. The number of hydrogen-bond donors (Lipinski definition) is 1. The molecule has 12 heteroatoms. The van der Waals surface area contributed by atoms with E-state index in [0.29, 0.717) is 29.2 Å². The summed E-state index contributed by atoms with van der Waals surface area (Å²) in [4.78, 5) is 39.5. The fourth-order valence-electron chi connectivity index (χ4n) is 4.15. The van der Waals surface area contributed by atoms with Crippen LogP contribution in [0, 0.1) is 6.92 Å². The number of hydrogen-bond acceptors (Lipinski definition) is 9. The summed E-state index contributed by atoms with van der Waals surface area (Å²) in [6, 6.07) is 14.7. The highest BCUT2D eigenvalue weighted by atomic mass is 32.2. The molecule has 1 N–H and O–H groups in total. The Bertz CT molecular complexity index is 1660. The van der Waals surface area contributed by atoms with E-state index in [4.69, 9.17) is 18.4 Å². The van der Waals surface area contributed by atoms with Gasteiger partial charge in [-0.15, -0.1) is 0 Å². The van der Waals surface area contributed by atoms with Gasteiger partial charge in [-0.25, -0.2) is 4.79 Å².